The summed E-state index contributed by atoms with van der Waals surface area (Å²) in [6, 6.07) is 5.85. The van der Waals surface area contributed by atoms with Gasteiger partial charge in [-0.1, -0.05) is 12.1 Å². The monoisotopic (exact) mass is 415 g/mol. The van der Waals surface area contributed by atoms with Crippen molar-refractivity contribution in [3.8, 4) is 0 Å². The van der Waals surface area contributed by atoms with Gasteiger partial charge in [0.15, 0.2) is 5.78 Å². The van der Waals surface area contributed by atoms with Crippen molar-refractivity contribution in [2.45, 2.75) is 77.5 Å². The molecule has 1 aromatic heterocycles. The van der Waals surface area contributed by atoms with Gasteiger partial charge >= 0.3 is 6.09 Å². The molecular formula is C23H33N3O4. The highest BCUT2D eigenvalue weighted by atomic mass is 16.6. The number of aliphatic hydroxyl groups is 1. The fourth-order valence-electron chi connectivity index (χ4n) is 3.72. The molecule has 7 nitrogen and oxygen atoms in total. The van der Waals surface area contributed by atoms with Gasteiger partial charge in [0.05, 0.1) is 5.60 Å². The molecule has 1 N–H and O–H groups in total. The Morgan fingerprint density at radius 2 is 1.90 bits per heavy atom. The Bertz CT molecular complexity index is 918. The van der Waals surface area contributed by atoms with E-state index in [-0.39, 0.29) is 24.3 Å². The van der Waals surface area contributed by atoms with Crippen LogP contribution in [0.15, 0.2) is 24.4 Å². The quantitative estimate of drug-likeness (QED) is 0.734. The molecule has 0 saturated carbocycles. The largest absolute Gasteiger partial charge is 0.444 e. The summed E-state index contributed by atoms with van der Waals surface area (Å²) in [5, 5.41) is 16.5. The van der Waals surface area contributed by atoms with Crippen LogP contribution in [0.1, 0.15) is 76.7 Å². The molecular weight excluding hydrogens is 382 g/mol. The van der Waals surface area contributed by atoms with E-state index in [9.17, 15) is 14.7 Å². The van der Waals surface area contributed by atoms with Gasteiger partial charge in [-0.3, -0.25) is 9.48 Å². The van der Waals surface area contributed by atoms with Crippen LogP contribution in [0.2, 0.25) is 0 Å². The second kappa shape index (κ2) is 8.38. The minimum absolute atomic E-state index is 0.0161. The Hall–Kier alpha value is -2.41. The van der Waals surface area contributed by atoms with Crippen molar-refractivity contribution in [2.24, 2.45) is 0 Å². The van der Waals surface area contributed by atoms with Crippen molar-refractivity contribution in [1.29, 1.82) is 0 Å². The second-order valence-electron chi connectivity index (χ2n) is 9.56. The van der Waals surface area contributed by atoms with Crippen LogP contribution in [0, 0.1) is 0 Å². The fourth-order valence-corrected chi connectivity index (χ4v) is 3.72. The van der Waals surface area contributed by atoms with Crippen LogP contribution in [0.5, 0.6) is 0 Å². The average molecular weight is 416 g/mol. The molecule has 1 aliphatic rings. The first-order chi connectivity index (χ1) is 14.0. The van der Waals surface area contributed by atoms with E-state index in [0.717, 1.165) is 5.39 Å². The average Bonchev–Trinajstić information content (AvgIpc) is 3.10. The summed E-state index contributed by atoms with van der Waals surface area (Å²) >= 11 is 0. The summed E-state index contributed by atoms with van der Waals surface area (Å²) in [4.78, 5) is 26.7. The summed E-state index contributed by atoms with van der Waals surface area (Å²) < 4.78 is 7.27. The lowest BCUT2D eigenvalue weighted by atomic mass is 9.85. The number of likely N-dealkylation sites (tertiary alicyclic amines) is 1. The van der Waals surface area contributed by atoms with Crippen LogP contribution in [0.3, 0.4) is 0 Å². The zero-order valence-electron chi connectivity index (χ0n) is 18.6. The maximum absolute atomic E-state index is 12.9. The highest BCUT2D eigenvalue weighted by Crippen LogP contribution is 2.29. The predicted molar refractivity (Wildman–Crippen MR) is 116 cm³/mol. The summed E-state index contributed by atoms with van der Waals surface area (Å²) in [6.07, 6.45) is 3.09. The number of piperidine rings is 1. The lowest BCUT2D eigenvalue weighted by Gasteiger charge is -2.38. The molecule has 2 aromatic rings. The molecule has 3 rings (SSSR count). The number of carbonyl (C=O) groups is 2. The van der Waals surface area contributed by atoms with Crippen molar-refractivity contribution in [3.05, 3.63) is 30.0 Å². The molecule has 2 heterocycles. The maximum Gasteiger partial charge on any atom is 0.410 e. The summed E-state index contributed by atoms with van der Waals surface area (Å²) in [7, 11) is 0. The predicted octanol–water partition coefficient (Wildman–Crippen LogP) is 4.34. The number of ether oxygens (including phenoxy) is 1. The fraction of sp³-hybridized carbons (Fsp3) is 0.609. The Labute approximate surface area is 178 Å². The Kier molecular flexibility index (Phi) is 6.22. The number of rotatable bonds is 5. The standard InChI is InChI=1S/C23H33N3O4/c1-16(2)26-15-17-7-6-8-18(20(17)24-26)19(27)9-10-23(29)11-13-25(14-12-23)21(28)30-22(3,4)5/h6-8,15-16,29H,9-14H2,1-5H3. The third-order valence-electron chi connectivity index (χ3n) is 5.55. The first kappa shape index (κ1) is 22.3. The summed E-state index contributed by atoms with van der Waals surface area (Å²) in [5.41, 5.74) is -0.176. The lowest BCUT2D eigenvalue weighted by molar-refractivity contribution is -0.0367. The highest BCUT2D eigenvalue weighted by molar-refractivity contribution is 6.06. The number of aromatic nitrogens is 2. The van der Waals surface area contributed by atoms with E-state index in [4.69, 9.17) is 4.74 Å². The number of carbonyl (C=O) groups excluding carboxylic acids is 2. The van der Waals surface area contributed by atoms with E-state index >= 15 is 0 Å². The Balaban J connectivity index is 1.60. The molecule has 0 spiro atoms. The molecule has 1 saturated heterocycles. The number of Topliss-reactive ketones (excluding diaryl/α,β-unsaturated/α-hetero) is 1. The van der Waals surface area contributed by atoms with Crippen LogP contribution in [-0.4, -0.2) is 56.0 Å². The first-order valence-electron chi connectivity index (χ1n) is 10.7. The third kappa shape index (κ3) is 5.19. The van der Waals surface area contributed by atoms with Gasteiger partial charge < -0.3 is 14.7 Å². The van der Waals surface area contributed by atoms with Crippen LogP contribution < -0.4 is 0 Å². The van der Waals surface area contributed by atoms with Gasteiger partial charge in [-0.15, -0.1) is 0 Å². The van der Waals surface area contributed by atoms with Gasteiger partial charge in [-0.2, -0.15) is 5.10 Å². The van der Waals surface area contributed by atoms with Crippen molar-refractivity contribution in [3.63, 3.8) is 0 Å². The van der Waals surface area contributed by atoms with Gasteiger partial charge in [0.2, 0.25) is 0 Å². The Morgan fingerprint density at radius 3 is 2.50 bits per heavy atom. The van der Waals surface area contributed by atoms with Crippen molar-refractivity contribution >= 4 is 22.8 Å². The number of nitrogens with zero attached hydrogens (tertiary/aromatic N) is 3. The van der Waals surface area contributed by atoms with E-state index in [1.165, 1.54) is 0 Å². The van der Waals surface area contributed by atoms with Crippen LogP contribution in [-0.2, 0) is 4.74 Å². The zero-order chi connectivity index (χ0) is 22.1. The Morgan fingerprint density at radius 1 is 1.23 bits per heavy atom. The SMILES string of the molecule is CC(C)n1cc2cccc(C(=O)CCC3(O)CCN(C(=O)OC(C)(C)C)CC3)c2n1. The number of hydrogen-bond donors (Lipinski definition) is 1. The topological polar surface area (TPSA) is 84.7 Å². The van der Waals surface area contributed by atoms with Gasteiger partial charge in [0, 0.05) is 42.7 Å². The molecule has 0 unspecified atom stereocenters. The van der Waals surface area contributed by atoms with Crippen LogP contribution in [0.4, 0.5) is 4.79 Å². The zero-order valence-corrected chi connectivity index (χ0v) is 18.6. The minimum atomic E-state index is -0.945. The number of fused-ring (bicyclic) bond motifs is 1. The van der Waals surface area contributed by atoms with Gasteiger partial charge in [0.25, 0.3) is 0 Å². The van der Waals surface area contributed by atoms with E-state index in [2.05, 4.69) is 5.10 Å². The molecule has 164 valence electrons. The van der Waals surface area contributed by atoms with Crippen LogP contribution >= 0.6 is 0 Å². The molecule has 30 heavy (non-hydrogen) atoms. The van der Waals surface area contributed by atoms with Gasteiger partial charge in [0.1, 0.15) is 11.1 Å². The van der Waals surface area contributed by atoms with Crippen molar-refractivity contribution in [1.82, 2.24) is 14.7 Å². The van der Waals surface area contributed by atoms with E-state index in [1.54, 1.807) is 11.0 Å². The second-order valence-corrected chi connectivity index (χ2v) is 9.56. The number of benzene rings is 1. The minimum Gasteiger partial charge on any atom is -0.444 e. The number of ketones is 1. The number of amides is 1. The normalized spacial score (nSPS) is 16.8. The lowest BCUT2D eigenvalue weighted by Crippen LogP contribution is -2.48. The molecule has 1 fully saturated rings. The summed E-state index contributed by atoms with van der Waals surface area (Å²) in [5.74, 6) is -0.0161. The van der Waals surface area contributed by atoms with Crippen molar-refractivity contribution in [2.75, 3.05) is 13.1 Å². The van der Waals surface area contributed by atoms with Crippen molar-refractivity contribution < 1.29 is 19.4 Å². The summed E-state index contributed by atoms with van der Waals surface area (Å²) in [6.45, 7) is 10.5. The molecule has 0 atom stereocenters. The van der Waals surface area contributed by atoms with Gasteiger partial charge in [-0.05, 0) is 59.9 Å². The number of hydrogen-bond acceptors (Lipinski definition) is 5. The molecule has 1 amide bonds. The molecule has 0 aliphatic carbocycles. The smallest absolute Gasteiger partial charge is 0.410 e. The maximum atomic E-state index is 12.9. The van der Waals surface area contributed by atoms with Crippen LogP contribution in [0.25, 0.3) is 10.9 Å². The molecule has 0 radical (unpaired) electrons. The molecule has 0 bridgehead atoms. The van der Waals surface area contributed by atoms with E-state index in [0.29, 0.717) is 43.4 Å². The highest BCUT2D eigenvalue weighted by Gasteiger charge is 2.35. The van der Waals surface area contributed by atoms with E-state index in [1.807, 2.05) is 57.6 Å². The first-order valence-corrected chi connectivity index (χ1v) is 10.7. The van der Waals surface area contributed by atoms with Gasteiger partial charge in [-0.25, -0.2) is 4.79 Å². The molecule has 7 heteroatoms. The third-order valence-corrected chi connectivity index (χ3v) is 5.55. The molecule has 1 aromatic carbocycles. The molecule has 1 aliphatic heterocycles. The van der Waals surface area contributed by atoms with E-state index < -0.39 is 11.2 Å².